The van der Waals surface area contributed by atoms with Crippen LogP contribution in [0.3, 0.4) is 0 Å². The summed E-state index contributed by atoms with van der Waals surface area (Å²) in [6, 6.07) is 23.0. The maximum Gasteiger partial charge on any atom is 0.318 e. The van der Waals surface area contributed by atoms with E-state index in [9.17, 15) is 14.4 Å². The van der Waals surface area contributed by atoms with Gasteiger partial charge in [0.05, 0.1) is 28.7 Å². The van der Waals surface area contributed by atoms with Crippen LogP contribution in [0.15, 0.2) is 90.4 Å². The highest BCUT2D eigenvalue weighted by Crippen LogP contribution is 2.34. The fourth-order valence-electron chi connectivity index (χ4n) is 7.38. The number of benzene rings is 2. The highest BCUT2D eigenvalue weighted by Gasteiger charge is 2.46. The van der Waals surface area contributed by atoms with E-state index in [1.54, 1.807) is 6.20 Å². The summed E-state index contributed by atoms with van der Waals surface area (Å²) in [6.45, 7) is 6.25. The van der Waals surface area contributed by atoms with Crippen LogP contribution < -0.4 is 16.2 Å². The van der Waals surface area contributed by atoms with Gasteiger partial charge in [-0.15, -0.1) is 0 Å². The van der Waals surface area contributed by atoms with Crippen molar-refractivity contribution in [2.75, 3.05) is 13.1 Å². The number of likely N-dealkylation sites (tertiary alicyclic amines) is 1. The van der Waals surface area contributed by atoms with Crippen molar-refractivity contribution in [3.63, 3.8) is 0 Å². The van der Waals surface area contributed by atoms with Crippen LogP contribution in [0.4, 0.5) is 4.79 Å². The Morgan fingerprint density at radius 3 is 2.51 bits per heavy atom. The lowest BCUT2D eigenvalue weighted by atomic mass is 9.86. The monoisotopic (exact) mass is 602 g/mol. The summed E-state index contributed by atoms with van der Waals surface area (Å²) in [5.41, 5.74) is 5.54. The first-order valence-electron chi connectivity index (χ1n) is 15.9. The molecular formula is C36H38N6O3. The molecule has 2 aliphatic heterocycles. The summed E-state index contributed by atoms with van der Waals surface area (Å²) < 4.78 is 0. The van der Waals surface area contributed by atoms with Gasteiger partial charge in [0.25, 0.3) is 5.56 Å². The van der Waals surface area contributed by atoms with E-state index in [1.165, 1.54) is 11.6 Å². The smallest absolute Gasteiger partial charge is 0.318 e. The number of pyridine rings is 2. The molecule has 9 heteroatoms. The van der Waals surface area contributed by atoms with Crippen molar-refractivity contribution in [3.8, 4) is 22.4 Å². The maximum atomic E-state index is 13.0. The molecule has 1 aliphatic carbocycles. The predicted molar refractivity (Wildman–Crippen MR) is 175 cm³/mol. The zero-order valence-electron chi connectivity index (χ0n) is 25.2. The number of carbonyl (C=O) groups is 2. The van der Waals surface area contributed by atoms with Crippen LogP contribution in [0.2, 0.25) is 0 Å². The zero-order valence-corrected chi connectivity index (χ0v) is 25.2. The topological polar surface area (TPSA) is 110 Å². The molecule has 1 saturated carbocycles. The Balaban J connectivity index is 1.03. The molecule has 3 amide bonds. The van der Waals surface area contributed by atoms with E-state index in [2.05, 4.69) is 56.3 Å². The van der Waals surface area contributed by atoms with E-state index in [1.807, 2.05) is 42.5 Å². The minimum absolute atomic E-state index is 0.0384. The summed E-state index contributed by atoms with van der Waals surface area (Å²) >= 11 is 0. The first-order valence-corrected chi connectivity index (χ1v) is 15.9. The lowest BCUT2D eigenvalue weighted by Crippen LogP contribution is -2.53. The summed E-state index contributed by atoms with van der Waals surface area (Å²) in [7, 11) is 0. The van der Waals surface area contributed by atoms with Gasteiger partial charge in [0.1, 0.15) is 0 Å². The lowest BCUT2D eigenvalue weighted by molar-refractivity contribution is -0.117. The Kier molecular flexibility index (Phi) is 7.94. The van der Waals surface area contributed by atoms with E-state index in [-0.39, 0.29) is 41.7 Å². The van der Waals surface area contributed by atoms with Crippen molar-refractivity contribution < 1.29 is 9.59 Å². The normalized spacial score (nSPS) is 22.2. The number of nitrogens with zero attached hydrogens (tertiary/aromatic N) is 3. The van der Waals surface area contributed by atoms with E-state index < -0.39 is 0 Å². The molecule has 9 nitrogen and oxygen atoms in total. The second-order valence-electron chi connectivity index (χ2n) is 12.4. The summed E-state index contributed by atoms with van der Waals surface area (Å²) in [4.78, 5) is 49.7. The number of H-pyrrole nitrogens is 1. The quantitative estimate of drug-likeness (QED) is 0.262. The number of hydrogen-bond donors (Lipinski definition) is 3. The van der Waals surface area contributed by atoms with Crippen molar-refractivity contribution in [2.45, 2.75) is 62.8 Å². The second kappa shape index (κ2) is 12.3. The first kappa shape index (κ1) is 29.0. The van der Waals surface area contributed by atoms with E-state index in [0.29, 0.717) is 10.9 Å². The first-order chi connectivity index (χ1) is 22.0. The van der Waals surface area contributed by atoms with Crippen LogP contribution in [-0.2, 0) is 11.3 Å². The number of nitrogens with one attached hydrogen (secondary N) is 3. The number of aromatic nitrogens is 2. The minimum atomic E-state index is -0.148. The highest BCUT2D eigenvalue weighted by atomic mass is 16.2. The molecule has 4 aromatic rings. The van der Waals surface area contributed by atoms with Crippen LogP contribution >= 0.6 is 0 Å². The van der Waals surface area contributed by atoms with Gasteiger partial charge < -0.3 is 20.5 Å². The van der Waals surface area contributed by atoms with Crippen LogP contribution in [0.25, 0.3) is 33.3 Å². The molecule has 7 rings (SSSR count). The molecule has 3 fully saturated rings. The van der Waals surface area contributed by atoms with Crippen LogP contribution in [-0.4, -0.2) is 69.0 Å². The Morgan fingerprint density at radius 2 is 1.76 bits per heavy atom. The van der Waals surface area contributed by atoms with Gasteiger partial charge in [0.15, 0.2) is 0 Å². The van der Waals surface area contributed by atoms with Gasteiger partial charge in [0.2, 0.25) is 5.91 Å². The average Bonchev–Trinajstić information content (AvgIpc) is 3.40. The number of urea groups is 1. The number of hydrogen-bond acceptors (Lipinski definition) is 5. The molecule has 45 heavy (non-hydrogen) atoms. The Morgan fingerprint density at radius 1 is 0.978 bits per heavy atom. The highest BCUT2D eigenvalue weighted by molar-refractivity contribution is 5.91. The maximum absolute atomic E-state index is 13.0. The van der Waals surface area contributed by atoms with Gasteiger partial charge in [-0.1, -0.05) is 61.2 Å². The second-order valence-corrected chi connectivity index (χ2v) is 12.4. The Hall–Kier alpha value is -4.76. The fourth-order valence-corrected chi connectivity index (χ4v) is 7.38. The molecular weight excluding hydrogens is 564 g/mol. The van der Waals surface area contributed by atoms with Gasteiger partial charge in [-0.25, -0.2) is 9.78 Å². The molecule has 2 aromatic heterocycles. The standard InChI is InChI=1S/C36H38N6O3/c1-2-33(43)38-26-12-13-31-32(20-26)42(36(45)40-31)27-15-18-41(19-16-27)22-23-8-10-25(11-9-23)34-28(24-6-4-3-5-7-24)21-29-30(39-34)14-17-37-35(29)44/h2-11,14,17,21,26-27,31-32H,1,12-13,15-16,18-20,22H2,(H,37,44)(H,38,43)(H,40,45). The molecule has 4 heterocycles. The van der Waals surface area contributed by atoms with Gasteiger partial charge in [-0.05, 0) is 61.4 Å². The van der Waals surface area contributed by atoms with Gasteiger partial charge in [-0.2, -0.15) is 0 Å². The SMILES string of the molecule is C=CC(=O)NC1CCC2NC(=O)N(C3CCN(Cc4ccc(-c5nc6cc[nH]c(=O)c6cc5-c5ccccc5)cc4)CC3)C2C1. The van der Waals surface area contributed by atoms with Crippen molar-refractivity contribution in [2.24, 2.45) is 0 Å². The molecule has 0 spiro atoms. The third kappa shape index (κ3) is 5.88. The Labute approximate surface area is 262 Å². The number of piperidine rings is 1. The van der Waals surface area contributed by atoms with Crippen LogP contribution in [0.5, 0.6) is 0 Å². The zero-order chi connectivity index (χ0) is 30.9. The molecule has 0 bridgehead atoms. The fraction of sp³-hybridized carbons (Fsp3) is 0.333. The van der Waals surface area contributed by atoms with Crippen molar-refractivity contribution in [1.82, 2.24) is 30.4 Å². The third-order valence-corrected chi connectivity index (χ3v) is 9.67. The number of carbonyl (C=O) groups excluding carboxylic acids is 2. The summed E-state index contributed by atoms with van der Waals surface area (Å²) in [6.07, 6.45) is 7.35. The van der Waals surface area contributed by atoms with E-state index in [4.69, 9.17) is 4.98 Å². The Bertz CT molecular complexity index is 1780. The van der Waals surface area contributed by atoms with Gasteiger partial charge in [-0.3, -0.25) is 14.5 Å². The minimum Gasteiger partial charge on any atom is -0.350 e. The number of fused-ring (bicyclic) bond motifs is 2. The number of rotatable bonds is 7. The lowest BCUT2D eigenvalue weighted by Gasteiger charge is -2.41. The summed E-state index contributed by atoms with van der Waals surface area (Å²) in [5, 5.41) is 6.82. The van der Waals surface area contributed by atoms with E-state index in [0.717, 1.165) is 74.1 Å². The molecule has 3 atom stereocenters. The molecule has 2 saturated heterocycles. The molecule has 230 valence electrons. The van der Waals surface area contributed by atoms with E-state index >= 15 is 0 Å². The number of aromatic amines is 1. The molecule has 3 unspecified atom stereocenters. The summed E-state index contributed by atoms with van der Waals surface area (Å²) in [5.74, 6) is -0.148. The van der Waals surface area contributed by atoms with Crippen LogP contribution in [0.1, 0.15) is 37.7 Å². The van der Waals surface area contributed by atoms with Crippen molar-refractivity contribution >= 4 is 22.8 Å². The van der Waals surface area contributed by atoms with Gasteiger partial charge >= 0.3 is 6.03 Å². The van der Waals surface area contributed by atoms with Crippen LogP contribution in [0, 0.1) is 0 Å². The molecule has 3 N–H and O–H groups in total. The number of amides is 3. The third-order valence-electron chi connectivity index (χ3n) is 9.67. The largest absolute Gasteiger partial charge is 0.350 e. The molecule has 0 radical (unpaired) electrons. The van der Waals surface area contributed by atoms with Crippen molar-refractivity contribution in [3.05, 3.63) is 101 Å². The molecule has 3 aliphatic rings. The van der Waals surface area contributed by atoms with Gasteiger partial charge in [0, 0.05) is 49.0 Å². The molecule has 2 aromatic carbocycles. The van der Waals surface area contributed by atoms with Crippen molar-refractivity contribution in [1.29, 1.82) is 0 Å². The average molecular weight is 603 g/mol. The predicted octanol–water partition coefficient (Wildman–Crippen LogP) is 4.84.